The Balaban J connectivity index is 2.14. The number of hydrogen-bond donors (Lipinski definition) is 1. The highest BCUT2D eigenvalue weighted by Crippen LogP contribution is 2.22. The van der Waals surface area contributed by atoms with Crippen molar-refractivity contribution in [3.63, 3.8) is 0 Å². The second-order valence-electron chi connectivity index (χ2n) is 5.89. The third-order valence-electron chi connectivity index (χ3n) is 3.95. The first-order chi connectivity index (χ1) is 12.3. The molecular weight excluding hydrogens is 352 g/mol. The van der Waals surface area contributed by atoms with Crippen LogP contribution < -0.4 is 10.1 Å². The summed E-state index contributed by atoms with van der Waals surface area (Å²) in [6.07, 6.45) is 1.09. The summed E-state index contributed by atoms with van der Waals surface area (Å²) in [6, 6.07) is 15.3. The number of hydrogen-bond acceptors (Lipinski definition) is 4. The third-order valence-corrected chi connectivity index (χ3v) is 5.21. The van der Waals surface area contributed by atoms with E-state index >= 15 is 0 Å². The lowest BCUT2D eigenvalue weighted by molar-refractivity contribution is -0.124. The normalized spacial score (nSPS) is 12.6. The zero-order chi connectivity index (χ0) is 19.2. The molecular formula is C19H24N2O4S. The first-order valence-electron chi connectivity index (χ1n) is 8.30. The van der Waals surface area contributed by atoms with Crippen molar-refractivity contribution in [3.8, 4) is 5.75 Å². The van der Waals surface area contributed by atoms with E-state index in [1.165, 1.54) is 7.05 Å². The van der Waals surface area contributed by atoms with E-state index in [1.807, 2.05) is 37.3 Å². The van der Waals surface area contributed by atoms with Gasteiger partial charge in [-0.1, -0.05) is 42.5 Å². The van der Waals surface area contributed by atoms with Crippen molar-refractivity contribution in [1.82, 2.24) is 9.62 Å². The topological polar surface area (TPSA) is 75.7 Å². The van der Waals surface area contributed by atoms with Crippen LogP contribution in [0.2, 0.25) is 0 Å². The fraction of sp³-hybridized carbons (Fsp3) is 0.316. The van der Waals surface area contributed by atoms with Crippen molar-refractivity contribution in [1.29, 1.82) is 0 Å². The summed E-state index contributed by atoms with van der Waals surface area (Å²) in [4.78, 5) is 12.7. The van der Waals surface area contributed by atoms with Crippen LogP contribution in [0.5, 0.6) is 5.75 Å². The Hall–Kier alpha value is -2.38. The van der Waals surface area contributed by atoms with E-state index in [0.29, 0.717) is 18.7 Å². The van der Waals surface area contributed by atoms with Crippen molar-refractivity contribution < 1.29 is 17.9 Å². The van der Waals surface area contributed by atoms with Crippen molar-refractivity contribution >= 4 is 15.9 Å². The van der Waals surface area contributed by atoms with Crippen molar-refractivity contribution in [3.05, 3.63) is 65.7 Å². The Bertz CT molecular complexity index is 820. The third kappa shape index (κ3) is 5.31. The molecule has 26 heavy (non-hydrogen) atoms. The molecule has 0 aromatic heterocycles. The lowest BCUT2D eigenvalue weighted by Gasteiger charge is -2.25. The summed E-state index contributed by atoms with van der Waals surface area (Å²) < 4.78 is 30.4. The van der Waals surface area contributed by atoms with E-state index in [1.54, 1.807) is 24.3 Å². The molecule has 1 amide bonds. The van der Waals surface area contributed by atoms with Gasteiger partial charge in [0, 0.05) is 13.6 Å². The lowest BCUT2D eigenvalue weighted by atomic mass is 10.1. The monoisotopic (exact) mass is 376 g/mol. The first kappa shape index (κ1) is 19.9. The number of ether oxygens (including phenoxy) is 1. The van der Waals surface area contributed by atoms with Crippen LogP contribution in [0.1, 0.15) is 24.1 Å². The predicted octanol–water partition coefficient (Wildman–Crippen LogP) is 2.33. The highest BCUT2D eigenvalue weighted by molar-refractivity contribution is 7.88. The molecule has 0 aliphatic heterocycles. The molecule has 6 nitrogen and oxygen atoms in total. The second-order valence-corrected chi connectivity index (χ2v) is 7.93. The van der Waals surface area contributed by atoms with E-state index < -0.39 is 16.1 Å². The van der Waals surface area contributed by atoms with E-state index in [-0.39, 0.29) is 5.91 Å². The van der Waals surface area contributed by atoms with E-state index in [2.05, 4.69) is 5.32 Å². The predicted molar refractivity (Wildman–Crippen MR) is 101 cm³/mol. The van der Waals surface area contributed by atoms with Crippen molar-refractivity contribution in [2.24, 2.45) is 0 Å². The van der Waals surface area contributed by atoms with Gasteiger partial charge in [-0.15, -0.1) is 0 Å². The van der Waals surface area contributed by atoms with Crippen LogP contribution in [-0.4, -0.2) is 38.5 Å². The van der Waals surface area contributed by atoms with Crippen LogP contribution in [0.15, 0.2) is 54.6 Å². The number of sulfonamides is 1. The Morgan fingerprint density at radius 1 is 1.12 bits per heavy atom. The largest absolute Gasteiger partial charge is 0.494 e. The number of nitrogens with one attached hydrogen (secondary N) is 1. The van der Waals surface area contributed by atoms with E-state index in [0.717, 1.165) is 21.9 Å². The number of likely N-dealkylation sites (N-methyl/N-ethyl adjacent to an activating group) is 1. The van der Waals surface area contributed by atoms with Gasteiger partial charge in [-0.25, -0.2) is 8.42 Å². The Kier molecular flexibility index (Phi) is 6.76. The van der Waals surface area contributed by atoms with Crippen LogP contribution in [-0.2, 0) is 21.4 Å². The number of carbonyl (C=O) groups excluding carboxylic acids is 1. The molecule has 140 valence electrons. The minimum absolute atomic E-state index is 0.298. The SMILES string of the molecule is CCOc1ccc(CNC(=O)[C@@H](c2ccccc2)N(C)S(C)(=O)=O)cc1. The average Bonchev–Trinajstić information content (AvgIpc) is 2.62. The van der Waals surface area contributed by atoms with Crippen molar-refractivity contribution in [2.75, 3.05) is 19.9 Å². The van der Waals surface area contributed by atoms with Crippen LogP contribution in [0.25, 0.3) is 0 Å². The standard InChI is InChI=1S/C19H24N2O4S/c1-4-25-17-12-10-15(11-13-17)14-20-19(22)18(21(2)26(3,23)24)16-8-6-5-7-9-16/h5-13,18H,4,14H2,1-3H3,(H,20,22)/t18-/m1/s1. The molecule has 2 rings (SSSR count). The van der Waals surface area contributed by atoms with Crippen LogP contribution >= 0.6 is 0 Å². The molecule has 0 heterocycles. The molecule has 0 aliphatic carbocycles. The first-order valence-corrected chi connectivity index (χ1v) is 10.1. The molecule has 2 aromatic rings. The molecule has 0 radical (unpaired) electrons. The van der Waals surface area contributed by atoms with Gasteiger partial charge in [0.05, 0.1) is 12.9 Å². The lowest BCUT2D eigenvalue weighted by Crippen LogP contribution is -2.41. The zero-order valence-corrected chi connectivity index (χ0v) is 16.0. The Morgan fingerprint density at radius 3 is 2.27 bits per heavy atom. The quantitative estimate of drug-likeness (QED) is 0.767. The average molecular weight is 376 g/mol. The summed E-state index contributed by atoms with van der Waals surface area (Å²) in [5.74, 6) is 0.388. The minimum atomic E-state index is -3.53. The van der Waals surface area contributed by atoms with Gasteiger partial charge in [-0.2, -0.15) is 4.31 Å². The van der Waals surface area contributed by atoms with Gasteiger partial charge in [0.15, 0.2) is 0 Å². The van der Waals surface area contributed by atoms with Gasteiger partial charge in [0.2, 0.25) is 15.9 Å². The van der Waals surface area contributed by atoms with Crippen LogP contribution in [0.4, 0.5) is 0 Å². The van der Waals surface area contributed by atoms with Gasteiger partial charge in [0.1, 0.15) is 11.8 Å². The van der Waals surface area contributed by atoms with Crippen LogP contribution in [0, 0.1) is 0 Å². The molecule has 0 saturated heterocycles. The summed E-state index contributed by atoms with van der Waals surface area (Å²) >= 11 is 0. The number of carbonyl (C=O) groups is 1. The molecule has 1 N–H and O–H groups in total. The van der Waals surface area contributed by atoms with Crippen molar-refractivity contribution in [2.45, 2.75) is 19.5 Å². The molecule has 0 unspecified atom stereocenters. The van der Waals surface area contributed by atoms with Crippen LogP contribution in [0.3, 0.4) is 0 Å². The maximum absolute atomic E-state index is 12.7. The number of nitrogens with zero attached hydrogens (tertiary/aromatic N) is 1. The summed E-state index contributed by atoms with van der Waals surface area (Å²) in [7, 11) is -2.13. The second kappa shape index (κ2) is 8.82. The number of rotatable bonds is 8. The molecule has 0 bridgehead atoms. The van der Waals surface area contributed by atoms with Gasteiger partial charge in [0.25, 0.3) is 0 Å². The highest BCUT2D eigenvalue weighted by Gasteiger charge is 2.30. The number of benzene rings is 2. The zero-order valence-electron chi connectivity index (χ0n) is 15.2. The molecule has 0 saturated carbocycles. The maximum atomic E-state index is 12.7. The van der Waals surface area contributed by atoms with Gasteiger partial charge in [-0.05, 0) is 30.2 Å². The summed E-state index contributed by atoms with van der Waals surface area (Å²) in [5, 5.41) is 2.82. The molecule has 0 aliphatic rings. The highest BCUT2D eigenvalue weighted by atomic mass is 32.2. The molecule has 7 heteroatoms. The molecule has 0 fully saturated rings. The van der Waals surface area contributed by atoms with Gasteiger partial charge in [-0.3, -0.25) is 4.79 Å². The Labute approximate surface area is 154 Å². The maximum Gasteiger partial charge on any atom is 0.243 e. The van der Waals surface area contributed by atoms with E-state index in [4.69, 9.17) is 4.74 Å². The summed E-state index contributed by atoms with van der Waals surface area (Å²) in [6.45, 7) is 2.80. The molecule has 2 aromatic carbocycles. The van der Waals surface area contributed by atoms with E-state index in [9.17, 15) is 13.2 Å². The van der Waals surface area contributed by atoms with Gasteiger partial charge < -0.3 is 10.1 Å². The Morgan fingerprint density at radius 2 is 1.73 bits per heavy atom. The fourth-order valence-corrected chi connectivity index (χ4v) is 3.11. The molecule has 1 atom stereocenters. The number of amides is 1. The smallest absolute Gasteiger partial charge is 0.243 e. The molecule has 0 spiro atoms. The van der Waals surface area contributed by atoms with Gasteiger partial charge >= 0.3 is 0 Å². The summed E-state index contributed by atoms with van der Waals surface area (Å²) in [5.41, 5.74) is 1.51. The fourth-order valence-electron chi connectivity index (χ4n) is 2.51. The minimum Gasteiger partial charge on any atom is -0.494 e.